The number of sulfonamides is 1. The van der Waals surface area contributed by atoms with Crippen LogP contribution in [0.3, 0.4) is 0 Å². The molecule has 1 heterocycles. The first-order chi connectivity index (χ1) is 6.40. The summed E-state index contributed by atoms with van der Waals surface area (Å²) in [6.45, 7) is 3.13. The summed E-state index contributed by atoms with van der Waals surface area (Å²) >= 11 is 0. The molecule has 0 aromatic carbocycles. The largest absolute Gasteiger partial charge is 0.296 e. The number of aryl methyl sites for hydroxylation is 2. The predicted octanol–water partition coefficient (Wildman–Crippen LogP) is 0.0614. The van der Waals surface area contributed by atoms with Gasteiger partial charge in [0, 0.05) is 7.05 Å². The maximum Gasteiger partial charge on any atom is 0.296 e. The van der Waals surface area contributed by atoms with Gasteiger partial charge in [0.2, 0.25) is 0 Å². The number of rotatable bonds is 2. The topological polar surface area (TPSA) is 81.4 Å². The fourth-order valence-corrected chi connectivity index (χ4v) is 2.33. The van der Waals surface area contributed by atoms with Crippen LogP contribution in [-0.4, -0.2) is 24.3 Å². The van der Waals surface area contributed by atoms with Crippen LogP contribution in [0.1, 0.15) is 11.4 Å². The zero-order valence-electron chi connectivity index (χ0n) is 7.97. The van der Waals surface area contributed by atoms with Crippen LogP contribution >= 0.6 is 0 Å². The standard InChI is InChI=1S/C7H9N3O3S/c1-5-7(6(2)10(3)9-5)14(12,13)8-4-11/h1-3H3. The molecule has 0 aliphatic rings. The Kier molecular flexibility index (Phi) is 2.55. The Balaban J connectivity index is 3.55. The Morgan fingerprint density at radius 1 is 1.43 bits per heavy atom. The van der Waals surface area contributed by atoms with Crippen LogP contribution in [0.15, 0.2) is 9.29 Å². The van der Waals surface area contributed by atoms with Crippen molar-refractivity contribution in [2.24, 2.45) is 11.4 Å². The molecule has 6 nitrogen and oxygen atoms in total. The number of carbonyl (C=O) groups excluding carboxylic acids is 1. The van der Waals surface area contributed by atoms with Gasteiger partial charge in [0.1, 0.15) is 4.90 Å². The van der Waals surface area contributed by atoms with Gasteiger partial charge in [-0.3, -0.25) is 4.68 Å². The SMILES string of the molecule is Cc1nn(C)c(C)c1S(=O)(=O)N=C=O. The zero-order valence-corrected chi connectivity index (χ0v) is 8.79. The minimum atomic E-state index is -3.93. The summed E-state index contributed by atoms with van der Waals surface area (Å²) in [5.41, 5.74) is 0.769. The maximum atomic E-state index is 11.4. The van der Waals surface area contributed by atoms with Crippen LogP contribution in [0.4, 0.5) is 0 Å². The van der Waals surface area contributed by atoms with Gasteiger partial charge in [-0.25, -0.2) is 4.79 Å². The van der Waals surface area contributed by atoms with Crippen molar-refractivity contribution in [1.82, 2.24) is 9.78 Å². The molecule has 7 heteroatoms. The third-order valence-electron chi connectivity index (χ3n) is 1.86. The fraction of sp³-hybridized carbons (Fsp3) is 0.429. The van der Waals surface area contributed by atoms with E-state index in [4.69, 9.17) is 0 Å². The normalized spacial score (nSPS) is 11.1. The molecule has 0 fully saturated rings. The van der Waals surface area contributed by atoms with E-state index in [0.717, 1.165) is 6.08 Å². The second-order valence-electron chi connectivity index (χ2n) is 2.78. The number of isocyanates is 1. The van der Waals surface area contributed by atoms with E-state index >= 15 is 0 Å². The Bertz CT molecular complexity index is 509. The molecule has 0 amide bonds. The highest BCUT2D eigenvalue weighted by Gasteiger charge is 2.22. The third-order valence-corrected chi connectivity index (χ3v) is 3.28. The third kappa shape index (κ3) is 1.59. The van der Waals surface area contributed by atoms with Gasteiger partial charge in [-0.1, -0.05) is 4.40 Å². The van der Waals surface area contributed by atoms with E-state index in [2.05, 4.69) is 9.50 Å². The van der Waals surface area contributed by atoms with Crippen molar-refractivity contribution in [2.45, 2.75) is 18.7 Å². The summed E-state index contributed by atoms with van der Waals surface area (Å²) in [4.78, 5) is 9.90. The molecule has 0 N–H and O–H groups in total. The Morgan fingerprint density at radius 3 is 2.36 bits per heavy atom. The van der Waals surface area contributed by atoms with Crippen molar-refractivity contribution in [3.63, 3.8) is 0 Å². The van der Waals surface area contributed by atoms with E-state index in [9.17, 15) is 13.2 Å². The monoisotopic (exact) mass is 215 g/mol. The van der Waals surface area contributed by atoms with Crippen molar-refractivity contribution < 1.29 is 13.2 Å². The lowest BCUT2D eigenvalue weighted by molar-refractivity contribution is 0.563. The van der Waals surface area contributed by atoms with E-state index in [-0.39, 0.29) is 4.90 Å². The summed E-state index contributed by atoms with van der Waals surface area (Å²) in [7, 11) is -2.32. The molecule has 14 heavy (non-hydrogen) atoms. The van der Waals surface area contributed by atoms with Gasteiger partial charge in [0.05, 0.1) is 11.4 Å². The first kappa shape index (κ1) is 10.6. The minimum Gasteiger partial charge on any atom is -0.271 e. The molecule has 0 saturated heterocycles. The maximum absolute atomic E-state index is 11.4. The van der Waals surface area contributed by atoms with Crippen LogP contribution in [0.2, 0.25) is 0 Å². The first-order valence-electron chi connectivity index (χ1n) is 3.74. The van der Waals surface area contributed by atoms with Crippen molar-refractivity contribution in [3.05, 3.63) is 11.4 Å². The van der Waals surface area contributed by atoms with Gasteiger partial charge in [-0.2, -0.15) is 13.5 Å². The van der Waals surface area contributed by atoms with Crippen LogP contribution in [0, 0.1) is 13.8 Å². The van der Waals surface area contributed by atoms with Crippen molar-refractivity contribution in [3.8, 4) is 0 Å². The molecule has 0 bridgehead atoms. The minimum absolute atomic E-state index is 0.0247. The number of hydrogen-bond donors (Lipinski definition) is 0. The quantitative estimate of drug-likeness (QED) is 0.516. The summed E-state index contributed by atoms with van der Waals surface area (Å²) < 4.78 is 27.0. The Labute approximate surface area is 81.3 Å². The molecule has 1 aromatic heterocycles. The highest BCUT2D eigenvalue weighted by Crippen LogP contribution is 2.20. The fourth-order valence-electron chi connectivity index (χ4n) is 1.22. The van der Waals surface area contributed by atoms with Gasteiger partial charge in [-0.15, -0.1) is 0 Å². The molecule has 0 radical (unpaired) electrons. The van der Waals surface area contributed by atoms with Gasteiger partial charge < -0.3 is 0 Å². The molecule has 0 saturated carbocycles. The molecule has 1 rings (SSSR count). The smallest absolute Gasteiger partial charge is 0.271 e. The van der Waals surface area contributed by atoms with Gasteiger partial charge in [-0.05, 0) is 13.8 Å². The van der Waals surface area contributed by atoms with Crippen LogP contribution in [0.5, 0.6) is 0 Å². The first-order valence-corrected chi connectivity index (χ1v) is 5.18. The molecule has 76 valence electrons. The van der Waals surface area contributed by atoms with E-state index in [1.54, 1.807) is 20.9 Å². The number of nitrogens with zero attached hydrogens (tertiary/aromatic N) is 3. The van der Waals surface area contributed by atoms with E-state index in [1.165, 1.54) is 4.68 Å². The second-order valence-corrected chi connectivity index (χ2v) is 4.32. The lowest BCUT2D eigenvalue weighted by Gasteiger charge is -1.96. The molecule has 1 aromatic rings. The van der Waals surface area contributed by atoms with Crippen molar-refractivity contribution >= 4 is 16.1 Å². The van der Waals surface area contributed by atoms with Crippen LogP contribution in [0.25, 0.3) is 0 Å². The van der Waals surface area contributed by atoms with E-state index in [0.29, 0.717) is 11.4 Å². The van der Waals surface area contributed by atoms with Crippen LogP contribution in [-0.2, 0) is 21.9 Å². The highest BCUT2D eigenvalue weighted by atomic mass is 32.2. The Hall–Kier alpha value is -1.46. The van der Waals surface area contributed by atoms with Crippen molar-refractivity contribution in [1.29, 1.82) is 0 Å². The molecule has 0 aliphatic heterocycles. The lowest BCUT2D eigenvalue weighted by Crippen LogP contribution is -2.00. The van der Waals surface area contributed by atoms with Gasteiger partial charge in [0.15, 0.2) is 0 Å². The molecular formula is C7H9N3O3S. The molecular weight excluding hydrogens is 206 g/mol. The molecule has 0 atom stereocenters. The molecule has 0 spiro atoms. The Morgan fingerprint density at radius 2 is 2.00 bits per heavy atom. The molecule has 0 aliphatic carbocycles. The van der Waals surface area contributed by atoms with Crippen molar-refractivity contribution in [2.75, 3.05) is 0 Å². The summed E-state index contributed by atoms with van der Waals surface area (Å²) in [6, 6.07) is 0. The lowest BCUT2D eigenvalue weighted by atomic mass is 10.4. The molecule has 0 unspecified atom stereocenters. The summed E-state index contributed by atoms with van der Waals surface area (Å²) in [5, 5.41) is 3.91. The highest BCUT2D eigenvalue weighted by molar-refractivity contribution is 7.90. The van der Waals surface area contributed by atoms with E-state index < -0.39 is 10.0 Å². The average molecular weight is 215 g/mol. The predicted molar refractivity (Wildman–Crippen MR) is 48.0 cm³/mol. The van der Waals surface area contributed by atoms with Gasteiger partial charge >= 0.3 is 0 Å². The summed E-state index contributed by atoms with van der Waals surface area (Å²) in [5.74, 6) is 0. The van der Waals surface area contributed by atoms with E-state index in [1.807, 2.05) is 0 Å². The average Bonchev–Trinajstić information content (AvgIpc) is 2.26. The number of aromatic nitrogens is 2. The second kappa shape index (κ2) is 3.36. The van der Waals surface area contributed by atoms with Crippen LogP contribution < -0.4 is 0 Å². The summed E-state index contributed by atoms with van der Waals surface area (Å²) in [6.07, 6.45) is 1.02. The van der Waals surface area contributed by atoms with Gasteiger partial charge in [0.25, 0.3) is 16.1 Å². The zero-order chi connectivity index (χ0) is 10.9. The number of hydrogen-bond acceptors (Lipinski definition) is 4.